The number of anilines is 1. The number of pyridine rings is 1. The van der Waals surface area contributed by atoms with Crippen molar-refractivity contribution in [2.45, 2.75) is 6.54 Å². The molecule has 1 saturated heterocycles. The van der Waals surface area contributed by atoms with Crippen LogP contribution >= 0.6 is 0 Å². The maximum absolute atomic E-state index is 12.2. The number of carbonyl (C=O) groups excluding carboxylic acids is 1. The monoisotopic (exact) mass is 296 g/mol. The van der Waals surface area contributed by atoms with Crippen LogP contribution < -0.4 is 10.2 Å². The van der Waals surface area contributed by atoms with Gasteiger partial charge in [0.25, 0.3) is 0 Å². The highest BCUT2D eigenvalue weighted by atomic mass is 16.2. The van der Waals surface area contributed by atoms with Gasteiger partial charge < -0.3 is 15.1 Å². The number of aromatic nitrogens is 1. The van der Waals surface area contributed by atoms with E-state index in [1.54, 1.807) is 12.4 Å². The Morgan fingerprint density at radius 1 is 1.00 bits per heavy atom. The number of amides is 2. The number of rotatable bonds is 3. The fourth-order valence-corrected chi connectivity index (χ4v) is 2.60. The highest BCUT2D eigenvalue weighted by Crippen LogP contribution is 2.15. The molecule has 0 unspecified atom stereocenters. The van der Waals surface area contributed by atoms with Crippen LogP contribution in [-0.2, 0) is 6.54 Å². The van der Waals surface area contributed by atoms with Crippen molar-refractivity contribution in [2.24, 2.45) is 0 Å². The number of hydrogen-bond acceptors (Lipinski definition) is 3. The summed E-state index contributed by atoms with van der Waals surface area (Å²) in [5.41, 5.74) is 2.28. The zero-order chi connectivity index (χ0) is 15.2. The second-order valence-electron chi connectivity index (χ2n) is 5.32. The molecule has 114 valence electrons. The van der Waals surface area contributed by atoms with E-state index in [4.69, 9.17) is 0 Å². The lowest BCUT2D eigenvalue weighted by Gasteiger charge is -2.36. The van der Waals surface area contributed by atoms with Crippen molar-refractivity contribution in [3.63, 3.8) is 0 Å². The van der Waals surface area contributed by atoms with Gasteiger partial charge in [0.15, 0.2) is 0 Å². The number of urea groups is 1. The van der Waals surface area contributed by atoms with E-state index in [9.17, 15) is 4.79 Å². The van der Waals surface area contributed by atoms with Crippen LogP contribution in [0.25, 0.3) is 0 Å². The molecule has 2 heterocycles. The minimum absolute atomic E-state index is 0.00419. The number of carbonyl (C=O) groups is 1. The van der Waals surface area contributed by atoms with Gasteiger partial charge in [-0.2, -0.15) is 0 Å². The third-order valence-corrected chi connectivity index (χ3v) is 3.88. The number of benzene rings is 1. The van der Waals surface area contributed by atoms with Gasteiger partial charge >= 0.3 is 6.03 Å². The fraction of sp³-hybridized carbons (Fsp3) is 0.294. The lowest BCUT2D eigenvalue weighted by atomic mass is 10.2. The number of nitrogens with one attached hydrogen (secondary N) is 1. The molecular formula is C17H20N4O. The molecule has 1 N–H and O–H groups in total. The normalized spacial score (nSPS) is 14.7. The first-order valence-corrected chi connectivity index (χ1v) is 7.54. The summed E-state index contributed by atoms with van der Waals surface area (Å²) in [5, 5.41) is 2.96. The zero-order valence-electron chi connectivity index (χ0n) is 12.5. The maximum atomic E-state index is 12.2. The van der Waals surface area contributed by atoms with Crippen LogP contribution in [0.3, 0.4) is 0 Å². The lowest BCUT2D eigenvalue weighted by molar-refractivity contribution is 0.194. The van der Waals surface area contributed by atoms with E-state index in [1.165, 1.54) is 5.69 Å². The van der Waals surface area contributed by atoms with E-state index >= 15 is 0 Å². The quantitative estimate of drug-likeness (QED) is 0.944. The maximum Gasteiger partial charge on any atom is 0.317 e. The van der Waals surface area contributed by atoms with Gasteiger partial charge in [-0.25, -0.2) is 4.79 Å². The summed E-state index contributed by atoms with van der Waals surface area (Å²) < 4.78 is 0. The summed E-state index contributed by atoms with van der Waals surface area (Å²) in [6, 6.07) is 14.2. The molecule has 0 spiro atoms. The molecule has 0 bridgehead atoms. The van der Waals surface area contributed by atoms with Gasteiger partial charge in [-0.15, -0.1) is 0 Å². The van der Waals surface area contributed by atoms with Gasteiger partial charge in [0.2, 0.25) is 0 Å². The molecule has 0 aliphatic carbocycles. The van der Waals surface area contributed by atoms with Crippen LogP contribution in [0.4, 0.5) is 10.5 Å². The number of hydrogen-bond donors (Lipinski definition) is 1. The van der Waals surface area contributed by atoms with Gasteiger partial charge in [0, 0.05) is 50.8 Å². The van der Waals surface area contributed by atoms with E-state index in [0.717, 1.165) is 31.7 Å². The molecule has 5 heteroatoms. The van der Waals surface area contributed by atoms with Crippen LogP contribution in [0.5, 0.6) is 0 Å². The molecule has 2 amide bonds. The summed E-state index contributed by atoms with van der Waals surface area (Å²) in [7, 11) is 0. The highest BCUT2D eigenvalue weighted by Gasteiger charge is 2.20. The third-order valence-electron chi connectivity index (χ3n) is 3.88. The van der Waals surface area contributed by atoms with E-state index < -0.39 is 0 Å². The standard InChI is InChI=1S/C17H20N4O/c22-17(19-14-15-6-8-18-9-7-15)21-12-10-20(11-13-21)16-4-2-1-3-5-16/h1-9H,10-14H2,(H,19,22). The Labute approximate surface area is 130 Å². The smallest absolute Gasteiger partial charge is 0.317 e. The Morgan fingerprint density at radius 3 is 2.36 bits per heavy atom. The van der Waals surface area contributed by atoms with Gasteiger partial charge in [-0.1, -0.05) is 18.2 Å². The predicted octanol–water partition coefficient (Wildman–Crippen LogP) is 2.11. The van der Waals surface area contributed by atoms with Gasteiger partial charge in [0.05, 0.1) is 0 Å². The minimum Gasteiger partial charge on any atom is -0.368 e. The van der Waals surface area contributed by atoms with E-state index in [2.05, 4.69) is 27.3 Å². The molecule has 1 fully saturated rings. The molecule has 0 saturated carbocycles. The van der Waals surface area contributed by atoms with Crippen LogP contribution in [0.2, 0.25) is 0 Å². The Balaban J connectivity index is 1.48. The van der Waals surface area contributed by atoms with Crippen molar-refractivity contribution in [3.8, 4) is 0 Å². The van der Waals surface area contributed by atoms with Gasteiger partial charge in [-0.3, -0.25) is 4.98 Å². The molecule has 1 aromatic carbocycles. The largest absolute Gasteiger partial charge is 0.368 e. The molecule has 1 aliphatic rings. The first kappa shape index (κ1) is 14.4. The zero-order valence-corrected chi connectivity index (χ0v) is 12.5. The van der Waals surface area contributed by atoms with E-state index in [1.807, 2.05) is 35.2 Å². The van der Waals surface area contributed by atoms with Crippen molar-refractivity contribution < 1.29 is 4.79 Å². The summed E-state index contributed by atoms with van der Waals surface area (Å²) >= 11 is 0. The number of nitrogens with zero attached hydrogens (tertiary/aromatic N) is 3. The van der Waals surface area contributed by atoms with Crippen LogP contribution in [0.15, 0.2) is 54.9 Å². The van der Waals surface area contributed by atoms with Gasteiger partial charge in [-0.05, 0) is 29.8 Å². The Morgan fingerprint density at radius 2 is 1.68 bits per heavy atom. The Bertz CT molecular complexity index is 595. The second kappa shape index (κ2) is 6.93. The minimum atomic E-state index is 0.00419. The Kier molecular flexibility index (Phi) is 4.53. The van der Waals surface area contributed by atoms with Crippen molar-refractivity contribution >= 4 is 11.7 Å². The SMILES string of the molecule is O=C(NCc1ccncc1)N1CCN(c2ccccc2)CC1. The molecule has 3 rings (SSSR count). The summed E-state index contributed by atoms with van der Waals surface area (Å²) in [5.74, 6) is 0. The van der Waals surface area contributed by atoms with Crippen molar-refractivity contribution in [2.75, 3.05) is 31.1 Å². The summed E-state index contributed by atoms with van der Waals surface area (Å²) in [6.07, 6.45) is 3.47. The highest BCUT2D eigenvalue weighted by molar-refractivity contribution is 5.74. The predicted molar refractivity (Wildman–Crippen MR) is 86.7 cm³/mol. The average Bonchev–Trinajstić information content (AvgIpc) is 2.61. The van der Waals surface area contributed by atoms with Crippen LogP contribution in [-0.4, -0.2) is 42.1 Å². The molecule has 22 heavy (non-hydrogen) atoms. The lowest BCUT2D eigenvalue weighted by Crippen LogP contribution is -2.51. The molecule has 1 aliphatic heterocycles. The third kappa shape index (κ3) is 3.55. The molecule has 2 aromatic rings. The van der Waals surface area contributed by atoms with E-state index in [-0.39, 0.29) is 6.03 Å². The second-order valence-corrected chi connectivity index (χ2v) is 5.32. The fourth-order valence-electron chi connectivity index (χ4n) is 2.60. The van der Waals surface area contributed by atoms with Crippen molar-refractivity contribution in [1.29, 1.82) is 0 Å². The molecule has 0 radical (unpaired) electrons. The first-order chi connectivity index (χ1) is 10.8. The summed E-state index contributed by atoms with van der Waals surface area (Å²) in [6.45, 7) is 3.77. The van der Waals surface area contributed by atoms with Gasteiger partial charge in [0.1, 0.15) is 0 Å². The topological polar surface area (TPSA) is 48.5 Å². The average molecular weight is 296 g/mol. The van der Waals surface area contributed by atoms with Crippen molar-refractivity contribution in [3.05, 3.63) is 60.4 Å². The van der Waals surface area contributed by atoms with Crippen LogP contribution in [0, 0.1) is 0 Å². The summed E-state index contributed by atoms with van der Waals surface area (Å²) in [4.78, 5) is 20.4. The molecule has 0 atom stereocenters. The number of para-hydroxylation sites is 1. The Hall–Kier alpha value is -2.56. The first-order valence-electron chi connectivity index (χ1n) is 7.54. The molecule has 1 aromatic heterocycles. The number of piperazine rings is 1. The molecular weight excluding hydrogens is 276 g/mol. The van der Waals surface area contributed by atoms with Crippen molar-refractivity contribution in [1.82, 2.24) is 15.2 Å². The van der Waals surface area contributed by atoms with E-state index in [0.29, 0.717) is 6.54 Å². The van der Waals surface area contributed by atoms with Crippen LogP contribution in [0.1, 0.15) is 5.56 Å². The molecule has 5 nitrogen and oxygen atoms in total.